The molecule has 0 amide bonds. The topological polar surface area (TPSA) is 43.6 Å². The molecule has 2 aromatic rings. The highest BCUT2D eigenvalue weighted by Crippen LogP contribution is 2.24. The first-order valence-corrected chi connectivity index (χ1v) is 8.13. The maximum Gasteiger partial charge on any atom is 0.350 e. The van der Waals surface area contributed by atoms with Crippen molar-refractivity contribution in [1.29, 1.82) is 0 Å². The Kier molecular flexibility index (Phi) is 5.17. The van der Waals surface area contributed by atoms with Crippen LogP contribution in [0, 0.1) is 6.92 Å². The molecule has 0 bridgehead atoms. The van der Waals surface area contributed by atoms with Crippen molar-refractivity contribution >= 4 is 22.3 Å². The summed E-state index contributed by atoms with van der Waals surface area (Å²) < 4.78 is 7.07. The zero-order valence-corrected chi connectivity index (χ0v) is 13.3. The van der Waals surface area contributed by atoms with Crippen molar-refractivity contribution in [3.63, 3.8) is 0 Å². The van der Waals surface area contributed by atoms with Crippen LogP contribution in [0.4, 0.5) is 0 Å². The SMILES string of the molecule is CCCCCCc1cn2c(C)c(C(=O)OCC)sc2n1. The number of aryl methyl sites for hydroxylation is 2. The van der Waals surface area contributed by atoms with Crippen molar-refractivity contribution in [1.82, 2.24) is 9.38 Å². The number of unbranched alkanes of at least 4 members (excludes halogenated alkanes) is 3. The molecule has 0 aromatic carbocycles. The third kappa shape index (κ3) is 3.20. The van der Waals surface area contributed by atoms with Gasteiger partial charge >= 0.3 is 5.97 Å². The number of nitrogens with zero attached hydrogens (tertiary/aromatic N) is 2. The highest BCUT2D eigenvalue weighted by Gasteiger charge is 2.18. The van der Waals surface area contributed by atoms with Gasteiger partial charge in [0.2, 0.25) is 0 Å². The van der Waals surface area contributed by atoms with Crippen LogP contribution in [0.5, 0.6) is 0 Å². The molecule has 2 rings (SSSR count). The van der Waals surface area contributed by atoms with E-state index in [0.29, 0.717) is 11.5 Å². The number of fused-ring (bicyclic) bond motifs is 1. The van der Waals surface area contributed by atoms with Crippen molar-refractivity contribution in [3.8, 4) is 0 Å². The molecule has 0 fully saturated rings. The van der Waals surface area contributed by atoms with Gasteiger partial charge in [-0.3, -0.25) is 4.40 Å². The van der Waals surface area contributed by atoms with Gasteiger partial charge < -0.3 is 4.74 Å². The first-order valence-electron chi connectivity index (χ1n) is 7.31. The number of esters is 1. The average Bonchev–Trinajstić information content (AvgIpc) is 2.95. The molecule has 2 aromatic heterocycles. The monoisotopic (exact) mass is 294 g/mol. The molecular weight excluding hydrogens is 272 g/mol. The fourth-order valence-electron chi connectivity index (χ4n) is 2.24. The van der Waals surface area contributed by atoms with E-state index in [9.17, 15) is 4.79 Å². The second kappa shape index (κ2) is 6.88. The van der Waals surface area contributed by atoms with Gasteiger partial charge in [-0.05, 0) is 26.7 Å². The van der Waals surface area contributed by atoms with Crippen LogP contribution in [-0.2, 0) is 11.2 Å². The number of thiazole rings is 1. The van der Waals surface area contributed by atoms with Crippen molar-refractivity contribution < 1.29 is 9.53 Å². The zero-order chi connectivity index (χ0) is 14.5. The summed E-state index contributed by atoms with van der Waals surface area (Å²) in [6.07, 6.45) is 8.05. The quantitative estimate of drug-likeness (QED) is 0.572. The lowest BCUT2D eigenvalue weighted by Gasteiger charge is -1.99. The highest BCUT2D eigenvalue weighted by atomic mass is 32.1. The summed E-state index contributed by atoms with van der Waals surface area (Å²) in [5.74, 6) is -0.245. The summed E-state index contributed by atoms with van der Waals surface area (Å²) in [6, 6.07) is 0. The van der Waals surface area contributed by atoms with Crippen LogP contribution in [0.2, 0.25) is 0 Å². The molecule has 0 aliphatic heterocycles. The lowest BCUT2D eigenvalue weighted by atomic mass is 10.1. The maximum absolute atomic E-state index is 11.8. The summed E-state index contributed by atoms with van der Waals surface area (Å²) in [6.45, 7) is 6.38. The Labute approximate surface area is 123 Å². The number of rotatable bonds is 7. The lowest BCUT2D eigenvalue weighted by molar-refractivity contribution is 0.0531. The molecule has 0 saturated heterocycles. The Balaban J connectivity index is 2.10. The van der Waals surface area contributed by atoms with Gasteiger partial charge in [-0.15, -0.1) is 0 Å². The Bertz CT molecular complexity index is 586. The average molecular weight is 294 g/mol. The molecule has 110 valence electrons. The van der Waals surface area contributed by atoms with E-state index < -0.39 is 0 Å². The predicted molar refractivity (Wildman–Crippen MR) is 81.6 cm³/mol. The number of carbonyl (C=O) groups is 1. The second-order valence-corrected chi connectivity index (χ2v) is 5.91. The molecule has 20 heavy (non-hydrogen) atoms. The van der Waals surface area contributed by atoms with E-state index in [1.807, 2.05) is 18.2 Å². The maximum atomic E-state index is 11.8. The van der Waals surface area contributed by atoms with Crippen molar-refractivity contribution in [2.24, 2.45) is 0 Å². The smallest absolute Gasteiger partial charge is 0.350 e. The Morgan fingerprint density at radius 2 is 2.15 bits per heavy atom. The third-order valence-corrected chi connectivity index (χ3v) is 4.49. The van der Waals surface area contributed by atoms with Gasteiger partial charge in [0.25, 0.3) is 0 Å². The Morgan fingerprint density at radius 3 is 2.80 bits per heavy atom. The zero-order valence-electron chi connectivity index (χ0n) is 12.4. The fourth-order valence-corrected chi connectivity index (χ4v) is 3.26. The number of hydrogen-bond acceptors (Lipinski definition) is 4. The van der Waals surface area contributed by atoms with E-state index in [2.05, 4.69) is 18.1 Å². The minimum Gasteiger partial charge on any atom is -0.462 e. The first kappa shape index (κ1) is 15.0. The summed E-state index contributed by atoms with van der Waals surface area (Å²) in [7, 11) is 0. The van der Waals surface area contributed by atoms with Crippen molar-refractivity contribution in [2.75, 3.05) is 6.61 Å². The predicted octanol–water partition coefficient (Wildman–Crippen LogP) is 4.00. The minimum atomic E-state index is -0.245. The van der Waals surface area contributed by atoms with E-state index in [0.717, 1.165) is 22.8 Å². The molecular formula is C15H22N2O2S. The van der Waals surface area contributed by atoms with Gasteiger partial charge in [-0.2, -0.15) is 0 Å². The van der Waals surface area contributed by atoms with Crippen molar-refractivity contribution in [2.45, 2.75) is 52.9 Å². The van der Waals surface area contributed by atoms with Gasteiger partial charge in [-0.25, -0.2) is 9.78 Å². The number of ether oxygens (including phenoxy) is 1. The highest BCUT2D eigenvalue weighted by molar-refractivity contribution is 7.19. The van der Waals surface area contributed by atoms with E-state index >= 15 is 0 Å². The second-order valence-electron chi connectivity index (χ2n) is 4.93. The van der Waals surface area contributed by atoms with E-state index in [4.69, 9.17) is 4.74 Å². The summed E-state index contributed by atoms with van der Waals surface area (Å²) >= 11 is 1.41. The van der Waals surface area contributed by atoms with Gasteiger partial charge in [0, 0.05) is 11.9 Å². The van der Waals surface area contributed by atoms with E-state index in [1.165, 1.54) is 37.0 Å². The fraction of sp³-hybridized carbons (Fsp3) is 0.600. The molecule has 2 heterocycles. The van der Waals surface area contributed by atoms with Gasteiger partial charge in [0.1, 0.15) is 4.88 Å². The number of aromatic nitrogens is 2. The number of imidazole rings is 1. The summed E-state index contributed by atoms with van der Waals surface area (Å²) in [5.41, 5.74) is 2.04. The van der Waals surface area contributed by atoms with Gasteiger partial charge in [-0.1, -0.05) is 37.5 Å². The number of carbonyl (C=O) groups excluding carboxylic acids is 1. The molecule has 0 unspecified atom stereocenters. The standard InChI is InChI=1S/C15H22N2O2S/c1-4-6-7-8-9-12-10-17-11(3)13(14(18)19-5-2)20-15(17)16-12/h10H,4-9H2,1-3H3. The molecule has 0 N–H and O–H groups in total. The van der Waals surface area contributed by atoms with Crippen LogP contribution >= 0.6 is 11.3 Å². The van der Waals surface area contributed by atoms with Crippen LogP contribution in [0.3, 0.4) is 0 Å². The Hall–Kier alpha value is -1.36. The molecule has 0 radical (unpaired) electrons. The minimum absolute atomic E-state index is 0.245. The van der Waals surface area contributed by atoms with Gasteiger partial charge in [0.05, 0.1) is 12.3 Å². The molecule has 5 heteroatoms. The van der Waals surface area contributed by atoms with Crippen LogP contribution in [0.1, 0.15) is 60.6 Å². The van der Waals surface area contributed by atoms with E-state index in [-0.39, 0.29) is 5.97 Å². The first-order chi connectivity index (χ1) is 9.67. The summed E-state index contributed by atoms with van der Waals surface area (Å²) in [5, 5.41) is 0. The Morgan fingerprint density at radius 1 is 1.35 bits per heavy atom. The summed E-state index contributed by atoms with van der Waals surface area (Å²) in [4.78, 5) is 18.0. The van der Waals surface area contributed by atoms with Crippen molar-refractivity contribution in [3.05, 3.63) is 22.5 Å². The lowest BCUT2D eigenvalue weighted by Crippen LogP contribution is -2.04. The van der Waals surface area contributed by atoms with Crippen LogP contribution < -0.4 is 0 Å². The van der Waals surface area contributed by atoms with Crippen LogP contribution in [0.15, 0.2) is 6.20 Å². The third-order valence-electron chi connectivity index (χ3n) is 3.35. The normalized spacial score (nSPS) is 11.2. The molecule has 0 saturated carbocycles. The largest absolute Gasteiger partial charge is 0.462 e. The molecule has 0 atom stereocenters. The van der Waals surface area contributed by atoms with Crippen LogP contribution in [-0.4, -0.2) is 22.0 Å². The number of hydrogen-bond donors (Lipinski definition) is 0. The van der Waals surface area contributed by atoms with Gasteiger partial charge in [0.15, 0.2) is 4.96 Å². The molecule has 4 nitrogen and oxygen atoms in total. The molecule has 0 spiro atoms. The van der Waals surface area contributed by atoms with E-state index in [1.54, 1.807) is 0 Å². The molecule has 0 aliphatic rings. The van der Waals surface area contributed by atoms with Crippen LogP contribution in [0.25, 0.3) is 4.96 Å². The molecule has 0 aliphatic carbocycles.